The average Bonchev–Trinajstić information content (AvgIpc) is 3.20. The monoisotopic (exact) mass is 494 g/mol. The van der Waals surface area contributed by atoms with Crippen LogP contribution in [0.3, 0.4) is 0 Å². The van der Waals surface area contributed by atoms with Crippen LogP contribution in [-0.4, -0.2) is 25.3 Å². The summed E-state index contributed by atoms with van der Waals surface area (Å²) in [7, 11) is 3.20. The minimum atomic E-state index is 0. The van der Waals surface area contributed by atoms with E-state index < -0.39 is 0 Å². The van der Waals surface area contributed by atoms with Crippen LogP contribution >= 0.6 is 24.0 Å². The molecule has 0 saturated heterocycles. The van der Waals surface area contributed by atoms with Gasteiger partial charge in [-0.25, -0.2) is 4.99 Å². The molecule has 7 nitrogen and oxygen atoms in total. The van der Waals surface area contributed by atoms with Crippen molar-refractivity contribution in [3.63, 3.8) is 0 Å². The van der Waals surface area contributed by atoms with Crippen molar-refractivity contribution in [3.8, 4) is 22.8 Å². The van der Waals surface area contributed by atoms with E-state index in [-0.39, 0.29) is 24.0 Å². The Hall–Kier alpha value is -2.75. The molecule has 28 heavy (non-hydrogen) atoms. The molecular formula is C20H23IN4O3. The third-order valence-electron chi connectivity index (χ3n) is 3.95. The van der Waals surface area contributed by atoms with E-state index in [1.54, 1.807) is 14.2 Å². The molecule has 0 bridgehead atoms. The lowest BCUT2D eigenvalue weighted by atomic mass is 10.2. The first kappa shape index (κ1) is 21.5. The SMILES string of the molecule is COc1ccc(CN=C(N)NCc2cc(-c3ccccc3)on2)cc1OC.I. The van der Waals surface area contributed by atoms with E-state index in [1.807, 2.05) is 54.6 Å². The van der Waals surface area contributed by atoms with Gasteiger partial charge in [-0.15, -0.1) is 24.0 Å². The van der Waals surface area contributed by atoms with E-state index in [0.717, 1.165) is 16.8 Å². The van der Waals surface area contributed by atoms with Gasteiger partial charge in [0.15, 0.2) is 23.2 Å². The number of nitrogens with zero attached hydrogens (tertiary/aromatic N) is 2. The number of hydrogen-bond donors (Lipinski definition) is 2. The Labute approximate surface area is 180 Å². The summed E-state index contributed by atoms with van der Waals surface area (Å²) in [5.41, 5.74) is 8.63. The zero-order valence-electron chi connectivity index (χ0n) is 15.7. The Morgan fingerprint density at radius 3 is 2.54 bits per heavy atom. The summed E-state index contributed by atoms with van der Waals surface area (Å²) in [5, 5.41) is 7.08. The molecule has 0 atom stereocenters. The van der Waals surface area contributed by atoms with Crippen molar-refractivity contribution in [1.82, 2.24) is 10.5 Å². The summed E-state index contributed by atoms with van der Waals surface area (Å²) >= 11 is 0. The Bertz CT molecular complexity index is 913. The van der Waals surface area contributed by atoms with E-state index in [0.29, 0.717) is 36.3 Å². The van der Waals surface area contributed by atoms with E-state index >= 15 is 0 Å². The van der Waals surface area contributed by atoms with Crippen molar-refractivity contribution in [2.24, 2.45) is 10.7 Å². The third-order valence-corrected chi connectivity index (χ3v) is 3.95. The summed E-state index contributed by atoms with van der Waals surface area (Å²) in [6, 6.07) is 17.3. The van der Waals surface area contributed by atoms with Crippen LogP contribution in [0.1, 0.15) is 11.3 Å². The Balaban J connectivity index is 0.00000280. The topological polar surface area (TPSA) is 94.9 Å². The smallest absolute Gasteiger partial charge is 0.189 e. The van der Waals surface area contributed by atoms with E-state index in [9.17, 15) is 0 Å². The van der Waals surface area contributed by atoms with Crippen LogP contribution in [0.15, 0.2) is 64.1 Å². The lowest BCUT2D eigenvalue weighted by Gasteiger charge is -2.09. The lowest BCUT2D eigenvalue weighted by Crippen LogP contribution is -2.31. The van der Waals surface area contributed by atoms with Gasteiger partial charge >= 0.3 is 0 Å². The van der Waals surface area contributed by atoms with Gasteiger partial charge in [-0.3, -0.25) is 0 Å². The van der Waals surface area contributed by atoms with Crippen molar-refractivity contribution in [2.75, 3.05) is 14.2 Å². The van der Waals surface area contributed by atoms with Crippen LogP contribution in [0, 0.1) is 0 Å². The van der Waals surface area contributed by atoms with Crippen molar-refractivity contribution >= 4 is 29.9 Å². The van der Waals surface area contributed by atoms with Gasteiger partial charge in [-0.1, -0.05) is 41.6 Å². The van der Waals surface area contributed by atoms with Gasteiger partial charge in [0, 0.05) is 11.6 Å². The number of nitrogens with two attached hydrogens (primary N) is 1. The quantitative estimate of drug-likeness (QED) is 0.296. The second-order valence-electron chi connectivity index (χ2n) is 5.79. The summed E-state index contributed by atoms with van der Waals surface area (Å²) in [4.78, 5) is 4.33. The summed E-state index contributed by atoms with van der Waals surface area (Å²) in [6.45, 7) is 0.852. The number of aliphatic imine (C=N–C) groups is 1. The van der Waals surface area contributed by atoms with Crippen molar-refractivity contribution in [2.45, 2.75) is 13.1 Å². The summed E-state index contributed by atoms with van der Waals surface area (Å²) in [6.07, 6.45) is 0. The van der Waals surface area contributed by atoms with E-state index in [4.69, 9.17) is 19.7 Å². The molecule has 0 amide bonds. The maximum atomic E-state index is 5.94. The van der Waals surface area contributed by atoms with Crippen molar-refractivity contribution in [3.05, 3.63) is 65.9 Å². The highest BCUT2D eigenvalue weighted by molar-refractivity contribution is 14.0. The molecule has 2 aromatic carbocycles. The van der Waals surface area contributed by atoms with Crippen LogP contribution < -0.4 is 20.5 Å². The highest BCUT2D eigenvalue weighted by atomic mass is 127. The maximum absolute atomic E-state index is 5.94. The van der Waals surface area contributed by atoms with Crippen LogP contribution in [0.4, 0.5) is 0 Å². The molecule has 0 spiro atoms. The average molecular weight is 494 g/mol. The molecule has 3 rings (SSSR count). The highest BCUT2D eigenvalue weighted by Crippen LogP contribution is 2.27. The zero-order valence-corrected chi connectivity index (χ0v) is 18.0. The minimum Gasteiger partial charge on any atom is -0.493 e. The molecule has 8 heteroatoms. The summed E-state index contributed by atoms with van der Waals surface area (Å²) in [5.74, 6) is 2.38. The number of hydrogen-bond acceptors (Lipinski definition) is 5. The van der Waals surface area contributed by atoms with Gasteiger partial charge < -0.3 is 25.0 Å². The Morgan fingerprint density at radius 2 is 1.82 bits per heavy atom. The molecule has 0 fully saturated rings. The van der Waals surface area contributed by atoms with Gasteiger partial charge in [0.2, 0.25) is 0 Å². The zero-order chi connectivity index (χ0) is 19.1. The highest BCUT2D eigenvalue weighted by Gasteiger charge is 2.07. The standard InChI is InChI=1S/C20H22N4O3.HI/c1-25-17-9-8-14(10-19(17)26-2)12-22-20(21)23-13-16-11-18(27-24-16)15-6-4-3-5-7-15;/h3-11H,12-13H2,1-2H3,(H3,21,22,23);1H. The number of methoxy groups -OCH3 is 2. The lowest BCUT2D eigenvalue weighted by molar-refractivity contribution is 0.354. The number of guanidine groups is 1. The molecule has 0 aliphatic rings. The first-order chi connectivity index (χ1) is 13.2. The molecule has 0 unspecified atom stereocenters. The third kappa shape index (κ3) is 5.62. The molecule has 3 aromatic rings. The maximum Gasteiger partial charge on any atom is 0.189 e. The molecule has 0 radical (unpaired) electrons. The number of rotatable bonds is 7. The fourth-order valence-corrected chi connectivity index (χ4v) is 2.53. The molecule has 0 aliphatic carbocycles. The van der Waals surface area contributed by atoms with E-state index in [2.05, 4.69) is 15.5 Å². The largest absolute Gasteiger partial charge is 0.493 e. The fourth-order valence-electron chi connectivity index (χ4n) is 2.53. The Kier molecular flexibility index (Phi) is 8.12. The van der Waals surface area contributed by atoms with Crippen LogP contribution in [0.25, 0.3) is 11.3 Å². The molecule has 1 heterocycles. The second-order valence-corrected chi connectivity index (χ2v) is 5.79. The number of ether oxygens (including phenoxy) is 2. The van der Waals surface area contributed by atoms with Crippen molar-refractivity contribution in [1.29, 1.82) is 0 Å². The van der Waals surface area contributed by atoms with E-state index in [1.165, 1.54) is 0 Å². The predicted molar refractivity (Wildman–Crippen MR) is 119 cm³/mol. The second kappa shape index (κ2) is 10.5. The first-order valence-electron chi connectivity index (χ1n) is 8.45. The first-order valence-corrected chi connectivity index (χ1v) is 8.45. The van der Waals surface area contributed by atoms with Crippen LogP contribution in [-0.2, 0) is 13.1 Å². The van der Waals surface area contributed by atoms with Gasteiger partial charge in [-0.05, 0) is 17.7 Å². The minimum absolute atomic E-state index is 0. The summed E-state index contributed by atoms with van der Waals surface area (Å²) < 4.78 is 15.9. The van der Waals surface area contributed by atoms with Gasteiger partial charge in [0.05, 0.1) is 27.3 Å². The number of aromatic nitrogens is 1. The number of benzene rings is 2. The number of halogens is 1. The molecular weight excluding hydrogens is 471 g/mol. The molecule has 3 N–H and O–H groups in total. The Morgan fingerprint density at radius 1 is 1.07 bits per heavy atom. The van der Waals surface area contributed by atoms with Gasteiger partial charge in [-0.2, -0.15) is 0 Å². The molecule has 0 saturated carbocycles. The van der Waals surface area contributed by atoms with Crippen LogP contribution in [0.5, 0.6) is 11.5 Å². The normalized spacial score (nSPS) is 10.9. The van der Waals surface area contributed by atoms with Gasteiger partial charge in [0.25, 0.3) is 0 Å². The number of nitrogens with one attached hydrogen (secondary N) is 1. The van der Waals surface area contributed by atoms with Crippen molar-refractivity contribution < 1.29 is 14.0 Å². The molecule has 1 aromatic heterocycles. The van der Waals surface area contributed by atoms with Gasteiger partial charge in [0.1, 0.15) is 5.69 Å². The molecule has 148 valence electrons. The van der Waals surface area contributed by atoms with Crippen LogP contribution in [0.2, 0.25) is 0 Å². The predicted octanol–water partition coefficient (Wildman–Crippen LogP) is 3.58. The fraction of sp³-hybridized carbons (Fsp3) is 0.200. The molecule has 0 aliphatic heterocycles.